The van der Waals surface area contributed by atoms with Gasteiger partial charge < -0.3 is 15.2 Å². The zero-order valence-electron chi connectivity index (χ0n) is 10.3. The van der Waals surface area contributed by atoms with E-state index in [1.165, 1.54) is 0 Å². The molecule has 0 bridgehead atoms. The van der Waals surface area contributed by atoms with E-state index in [1.54, 1.807) is 25.3 Å². The highest BCUT2D eigenvalue weighted by molar-refractivity contribution is 5.79. The highest BCUT2D eigenvalue weighted by Gasteiger charge is 2.29. The van der Waals surface area contributed by atoms with Crippen LogP contribution >= 0.6 is 0 Å². The van der Waals surface area contributed by atoms with Crippen molar-refractivity contribution in [3.63, 3.8) is 0 Å². The van der Waals surface area contributed by atoms with Crippen molar-refractivity contribution in [1.29, 1.82) is 0 Å². The fraction of sp³-hybridized carbons (Fsp3) is 0.417. The van der Waals surface area contributed by atoms with Crippen molar-refractivity contribution in [2.24, 2.45) is 0 Å². The summed E-state index contributed by atoms with van der Waals surface area (Å²) in [6.45, 7) is 3.67. The molecule has 0 spiro atoms. The quantitative estimate of drug-likeness (QED) is 0.554. The van der Waals surface area contributed by atoms with Gasteiger partial charge in [0, 0.05) is 6.20 Å². The first-order valence-electron chi connectivity index (χ1n) is 5.57. The van der Waals surface area contributed by atoms with Crippen LogP contribution in [0.5, 0.6) is 0 Å². The highest BCUT2D eigenvalue weighted by atomic mass is 16.5. The maximum absolute atomic E-state index is 11.6. The molecule has 0 aromatic carbocycles. The minimum atomic E-state index is -1.24. The monoisotopic (exact) mass is 252 g/mol. The van der Waals surface area contributed by atoms with Gasteiger partial charge in [-0.15, -0.1) is 0 Å². The van der Waals surface area contributed by atoms with Gasteiger partial charge in [-0.2, -0.15) is 0 Å². The number of hydrogen-bond donors (Lipinski definition) is 2. The van der Waals surface area contributed by atoms with Crippen LogP contribution in [0.25, 0.3) is 0 Å². The first-order valence-corrected chi connectivity index (χ1v) is 5.57. The van der Waals surface area contributed by atoms with Crippen LogP contribution in [0, 0.1) is 6.92 Å². The lowest BCUT2D eigenvalue weighted by Crippen LogP contribution is -2.42. The summed E-state index contributed by atoms with van der Waals surface area (Å²) in [5, 5.41) is 12.2. The summed E-state index contributed by atoms with van der Waals surface area (Å²) in [7, 11) is 0. The number of nitrogens with zero attached hydrogens (tertiary/aromatic N) is 1. The molecule has 1 heterocycles. The lowest BCUT2D eigenvalue weighted by Gasteiger charge is -2.20. The number of pyridine rings is 1. The van der Waals surface area contributed by atoms with Gasteiger partial charge in [0.25, 0.3) is 0 Å². The fourth-order valence-electron chi connectivity index (χ4n) is 1.42. The van der Waals surface area contributed by atoms with Crippen LogP contribution in [0.4, 0.5) is 0 Å². The van der Waals surface area contributed by atoms with Crippen LogP contribution in [0.2, 0.25) is 0 Å². The van der Waals surface area contributed by atoms with E-state index in [0.717, 1.165) is 5.56 Å². The number of nitrogens with one attached hydrogen (secondary N) is 1. The van der Waals surface area contributed by atoms with Crippen molar-refractivity contribution >= 4 is 12.4 Å². The van der Waals surface area contributed by atoms with Crippen molar-refractivity contribution in [1.82, 2.24) is 10.3 Å². The number of carbonyl (C=O) groups excluding carboxylic acids is 2. The SMILES string of the molecule is CCOC(=O)C(NC=O)C(O)c1ccc(C)cn1. The first kappa shape index (κ1) is 14.1. The number of aromatic nitrogens is 1. The lowest BCUT2D eigenvalue weighted by molar-refractivity contribution is -0.150. The third-order valence-corrected chi connectivity index (χ3v) is 2.34. The zero-order valence-corrected chi connectivity index (χ0v) is 10.3. The van der Waals surface area contributed by atoms with Crippen LogP contribution in [-0.4, -0.2) is 35.1 Å². The molecule has 0 aliphatic rings. The van der Waals surface area contributed by atoms with Crippen molar-refractivity contribution in [2.45, 2.75) is 26.0 Å². The number of esters is 1. The standard InChI is InChI=1S/C12H16N2O4/c1-3-18-12(17)10(14-7-15)11(16)9-5-4-8(2)6-13-9/h4-7,10-11,16H,3H2,1-2H3,(H,14,15). The molecule has 6 nitrogen and oxygen atoms in total. The van der Waals surface area contributed by atoms with E-state index < -0.39 is 18.1 Å². The number of aryl methyl sites for hydroxylation is 1. The molecular formula is C12H16N2O4. The summed E-state index contributed by atoms with van der Waals surface area (Å²) in [6, 6.07) is 2.20. The Morgan fingerprint density at radius 2 is 2.33 bits per heavy atom. The predicted octanol–water partition coefficient (Wildman–Crippen LogP) is 0.101. The molecule has 2 atom stereocenters. The Hall–Kier alpha value is -1.95. The molecule has 0 radical (unpaired) electrons. The fourth-order valence-corrected chi connectivity index (χ4v) is 1.42. The summed E-state index contributed by atoms with van der Waals surface area (Å²) < 4.78 is 4.77. The molecule has 0 fully saturated rings. The average Bonchev–Trinajstić information content (AvgIpc) is 2.36. The van der Waals surface area contributed by atoms with Crippen LogP contribution in [0.15, 0.2) is 18.3 Å². The first-order chi connectivity index (χ1) is 8.60. The molecule has 98 valence electrons. The molecule has 6 heteroatoms. The molecule has 0 saturated carbocycles. The Balaban J connectivity index is 2.87. The van der Waals surface area contributed by atoms with Gasteiger partial charge in [-0.1, -0.05) is 6.07 Å². The Morgan fingerprint density at radius 3 is 2.83 bits per heavy atom. The van der Waals surface area contributed by atoms with Gasteiger partial charge in [0.05, 0.1) is 12.3 Å². The molecule has 0 aliphatic carbocycles. The molecule has 0 aliphatic heterocycles. The van der Waals surface area contributed by atoms with Crippen LogP contribution in [-0.2, 0) is 14.3 Å². The van der Waals surface area contributed by atoms with Gasteiger partial charge in [0.2, 0.25) is 6.41 Å². The second kappa shape index (κ2) is 6.70. The Bertz CT molecular complexity index is 405. The average molecular weight is 252 g/mol. The number of carbonyl (C=O) groups is 2. The van der Waals surface area contributed by atoms with Crippen molar-refractivity contribution in [3.8, 4) is 0 Å². The van der Waals surface area contributed by atoms with Gasteiger partial charge in [-0.05, 0) is 25.5 Å². The van der Waals surface area contributed by atoms with E-state index in [4.69, 9.17) is 4.74 Å². The Morgan fingerprint density at radius 1 is 1.61 bits per heavy atom. The van der Waals surface area contributed by atoms with E-state index in [0.29, 0.717) is 12.1 Å². The largest absolute Gasteiger partial charge is 0.464 e. The van der Waals surface area contributed by atoms with E-state index in [9.17, 15) is 14.7 Å². The minimum absolute atomic E-state index is 0.171. The predicted molar refractivity (Wildman–Crippen MR) is 63.6 cm³/mol. The summed E-state index contributed by atoms with van der Waals surface area (Å²) >= 11 is 0. The maximum Gasteiger partial charge on any atom is 0.331 e. The van der Waals surface area contributed by atoms with Crippen LogP contribution in [0.3, 0.4) is 0 Å². The van der Waals surface area contributed by atoms with Gasteiger partial charge >= 0.3 is 5.97 Å². The number of aliphatic hydroxyl groups excluding tert-OH is 1. The van der Waals surface area contributed by atoms with E-state index >= 15 is 0 Å². The van der Waals surface area contributed by atoms with E-state index in [1.807, 2.05) is 6.92 Å². The van der Waals surface area contributed by atoms with Crippen molar-refractivity contribution < 1.29 is 19.4 Å². The lowest BCUT2D eigenvalue weighted by atomic mass is 10.1. The highest BCUT2D eigenvalue weighted by Crippen LogP contribution is 2.15. The normalized spacial score (nSPS) is 13.5. The number of hydrogen-bond acceptors (Lipinski definition) is 5. The van der Waals surface area contributed by atoms with Crippen LogP contribution in [0.1, 0.15) is 24.3 Å². The molecule has 2 N–H and O–H groups in total. The molecule has 1 rings (SSSR count). The topological polar surface area (TPSA) is 88.5 Å². The van der Waals surface area contributed by atoms with Crippen LogP contribution < -0.4 is 5.32 Å². The number of aliphatic hydroxyl groups is 1. The van der Waals surface area contributed by atoms with Gasteiger partial charge in [0.15, 0.2) is 6.04 Å². The smallest absolute Gasteiger partial charge is 0.331 e. The summed E-state index contributed by atoms with van der Waals surface area (Å²) in [5.74, 6) is -0.695. The van der Waals surface area contributed by atoms with Gasteiger partial charge in [-0.25, -0.2) is 4.79 Å². The van der Waals surface area contributed by atoms with Crippen molar-refractivity contribution in [3.05, 3.63) is 29.6 Å². The maximum atomic E-state index is 11.6. The molecule has 1 amide bonds. The molecule has 0 saturated heterocycles. The zero-order chi connectivity index (χ0) is 13.5. The minimum Gasteiger partial charge on any atom is -0.464 e. The van der Waals surface area contributed by atoms with Gasteiger partial charge in [-0.3, -0.25) is 9.78 Å². The number of rotatable bonds is 6. The third kappa shape index (κ3) is 3.53. The van der Waals surface area contributed by atoms with E-state index in [-0.39, 0.29) is 6.61 Å². The molecular weight excluding hydrogens is 236 g/mol. The molecule has 2 unspecified atom stereocenters. The third-order valence-electron chi connectivity index (χ3n) is 2.34. The Kier molecular flexibility index (Phi) is 5.26. The second-order valence-corrected chi connectivity index (χ2v) is 3.72. The summed E-state index contributed by atoms with van der Waals surface area (Å²) in [6.07, 6.45) is 0.676. The molecule has 1 aromatic heterocycles. The molecule has 1 aromatic rings. The van der Waals surface area contributed by atoms with Gasteiger partial charge in [0.1, 0.15) is 6.10 Å². The second-order valence-electron chi connectivity index (χ2n) is 3.72. The van der Waals surface area contributed by atoms with E-state index in [2.05, 4.69) is 10.3 Å². The van der Waals surface area contributed by atoms with Crippen molar-refractivity contribution in [2.75, 3.05) is 6.61 Å². The number of amides is 1. The summed E-state index contributed by atoms with van der Waals surface area (Å²) in [5.41, 5.74) is 1.23. The Labute approximate surface area is 105 Å². The summed E-state index contributed by atoms with van der Waals surface area (Å²) in [4.78, 5) is 26.1. The number of ether oxygens (including phenoxy) is 1. The molecule has 18 heavy (non-hydrogen) atoms.